The highest BCUT2D eigenvalue weighted by Crippen LogP contribution is 2.21. The monoisotopic (exact) mass is 440 g/mol. The predicted molar refractivity (Wildman–Crippen MR) is 123 cm³/mol. The van der Waals surface area contributed by atoms with Crippen molar-refractivity contribution < 1.29 is 9.53 Å². The lowest BCUT2D eigenvalue weighted by atomic mass is 10.1. The van der Waals surface area contributed by atoms with Crippen molar-refractivity contribution in [3.63, 3.8) is 0 Å². The van der Waals surface area contributed by atoms with Gasteiger partial charge in [0.15, 0.2) is 11.5 Å². The fourth-order valence-electron chi connectivity index (χ4n) is 3.58. The molecule has 0 aliphatic carbocycles. The quantitative estimate of drug-likeness (QED) is 0.420. The zero-order valence-electron chi connectivity index (χ0n) is 17.8. The van der Waals surface area contributed by atoms with Crippen LogP contribution in [0.2, 0.25) is 0 Å². The number of nitrogens with zero attached hydrogens (tertiary/aromatic N) is 4. The van der Waals surface area contributed by atoms with Crippen molar-refractivity contribution in [2.24, 2.45) is 0 Å². The van der Waals surface area contributed by atoms with Crippen LogP contribution in [0, 0.1) is 0 Å². The number of hydrogen-bond donors (Lipinski definition) is 2. The largest absolute Gasteiger partial charge is 0.497 e. The highest BCUT2D eigenvalue weighted by atomic mass is 16.5. The van der Waals surface area contributed by atoms with Gasteiger partial charge in [-0.05, 0) is 41.8 Å². The first-order valence-electron chi connectivity index (χ1n) is 10.4. The summed E-state index contributed by atoms with van der Waals surface area (Å²) in [6.45, 7) is 0.323. The minimum absolute atomic E-state index is 0.218. The number of methoxy groups -OCH3 is 1. The Bertz CT molecular complexity index is 1520. The molecule has 3 heterocycles. The second-order valence-corrected chi connectivity index (χ2v) is 7.44. The molecule has 164 valence electrons. The second kappa shape index (κ2) is 8.54. The van der Waals surface area contributed by atoms with Crippen LogP contribution in [0.3, 0.4) is 0 Å². The lowest BCUT2D eigenvalue weighted by Crippen LogP contribution is -2.28. The van der Waals surface area contributed by atoms with E-state index in [1.54, 1.807) is 42.2 Å². The SMILES string of the molecule is COc1ccc(-c2cc3nc(CCNC(=O)c4cc5ccccc5c(=O)[nH]4)nn3cn2)cc1. The van der Waals surface area contributed by atoms with Crippen LogP contribution in [-0.2, 0) is 6.42 Å². The van der Waals surface area contributed by atoms with Crippen LogP contribution in [0.15, 0.2) is 71.8 Å². The van der Waals surface area contributed by atoms with Gasteiger partial charge in [0.05, 0.1) is 12.8 Å². The molecule has 2 aromatic carbocycles. The van der Waals surface area contributed by atoms with Gasteiger partial charge in [0.25, 0.3) is 11.5 Å². The van der Waals surface area contributed by atoms with Crippen LogP contribution in [0.4, 0.5) is 0 Å². The Balaban J connectivity index is 1.27. The summed E-state index contributed by atoms with van der Waals surface area (Å²) in [4.78, 5) is 36.3. The van der Waals surface area contributed by atoms with Gasteiger partial charge in [-0.25, -0.2) is 14.5 Å². The third kappa shape index (κ3) is 4.16. The summed E-state index contributed by atoms with van der Waals surface area (Å²) in [5.41, 5.74) is 2.31. The molecule has 33 heavy (non-hydrogen) atoms. The van der Waals surface area contributed by atoms with Crippen molar-refractivity contribution in [1.82, 2.24) is 29.9 Å². The number of aromatic nitrogens is 5. The van der Waals surface area contributed by atoms with Gasteiger partial charge in [-0.3, -0.25) is 9.59 Å². The van der Waals surface area contributed by atoms with E-state index in [0.29, 0.717) is 35.2 Å². The molecule has 0 fully saturated rings. The van der Waals surface area contributed by atoms with Crippen molar-refractivity contribution in [1.29, 1.82) is 0 Å². The Labute approximate surface area is 188 Å². The summed E-state index contributed by atoms with van der Waals surface area (Å²) in [5.74, 6) is 1.00. The number of carbonyl (C=O) groups excluding carboxylic acids is 1. The molecule has 5 aromatic rings. The zero-order chi connectivity index (χ0) is 22.8. The Morgan fingerprint density at radius 2 is 1.94 bits per heavy atom. The molecular formula is C24H20N6O3. The van der Waals surface area contributed by atoms with Crippen LogP contribution in [-0.4, -0.2) is 44.1 Å². The van der Waals surface area contributed by atoms with Gasteiger partial charge in [0, 0.05) is 30.0 Å². The van der Waals surface area contributed by atoms with E-state index in [9.17, 15) is 9.59 Å². The molecule has 1 amide bonds. The highest BCUT2D eigenvalue weighted by Gasteiger charge is 2.11. The third-order valence-corrected chi connectivity index (χ3v) is 5.29. The van der Waals surface area contributed by atoms with Gasteiger partial charge in [-0.2, -0.15) is 0 Å². The van der Waals surface area contributed by atoms with Gasteiger partial charge < -0.3 is 15.0 Å². The molecule has 0 radical (unpaired) electrons. The fourth-order valence-corrected chi connectivity index (χ4v) is 3.58. The maximum atomic E-state index is 12.5. The number of aromatic amines is 1. The summed E-state index contributed by atoms with van der Waals surface area (Å²) in [6.07, 6.45) is 2.05. The lowest BCUT2D eigenvalue weighted by molar-refractivity contribution is 0.0949. The minimum Gasteiger partial charge on any atom is -0.497 e. The number of pyridine rings is 1. The topological polar surface area (TPSA) is 114 Å². The average molecular weight is 440 g/mol. The van der Waals surface area contributed by atoms with E-state index in [0.717, 1.165) is 17.0 Å². The predicted octanol–water partition coefficient (Wildman–Crippen LogP) is 2.61. The summed E-state index contributed by atoms with van der Waals surface area (Å²) in [6, 6.07) is 18.3. The van der Waals surface area contributed by atoms with Crippen molar-refractivity contribution >= 4 is 22.3 Å². The molecule has 9 heteroatoms. The van der Waals surface area contributed by atoms with Crippen molar-refractivity contribution in [3.8, 4) is 17.0 Å². The van der Waals surface area contributed by atoms with Crippen LogP contribution in [0.25, 0.3) is 27.7 Å². The van der Waals surface area contributed by atoms with Crippen molar-refractivity contribution in [2.75, 3.05) is 13.7 Å². The molecule has 0 saturated carbocycles. The maximum absolute atomic E-state index is 12.5. The first kappa shape index (κ1) is 20.4. The third-order valence-electron chi connectivity index (χ3n) is 5.29. The standard InChI is InChI=1S/C24H20N6O3/c1-33-17-8-6-15(7-9-17)19-13-22-28-21(29-30(22)14-26-19)10-11-25-24(32)20-12-16-4-2-3-5-18(16)23(31)27-20/h2-9,12-14H,10-11H2,1H3,(H,25,32)(H,27,31). The minimum atomic E-state index is -0.356. The number of hydrogen-bond acceptors (Lipinski definition) is 6. The highest BCUT2D eigenvalue weighted by molar-refractivity contribution is 5.96. The summed E-state index contributed by atoms with van der Waals surface area (Å²) in [5, 5.41) is 8.48. The van der Waals surface area contributed by atoms with E-state index in [1.165, 1.54) is 0 Å². The van der Waals surface area contributed by atoms with Gasteiger partial charge >= 0.3 is 0 Å². The molecule has 0 aliphatic rings. The van der Waals surface area contributed by atoms with E-state index in [2.05, 4.69) is 25.4 Å². The summed E-state index contributed by atoms with van der Waals surface area (Å²) in [7, 11) is 1.63. The molecule has 5 rings (SSSR count). The van der Waals surface area contributed by atoms with Gasteiger partial charge in [0.1, 0.15) is 17.8 Å². The Kier molecular flexibility index (Phi) is 5.27. The number of nitrogens with one attached hydrogen (secondary N) is 2. The number of carbonyl (C=O) groups is 1. The van der Waals surface area contributed by atoms with Crippen LogP contribution in [0.5, 0.6) is 5.75 Å². The number of rotatable bonds is 6. The molecule has 0 spiro atoms. The second-order valence-electron chi connectivity index (χ2n) is 7.44. The lowest BCUT2D eigenvalue weighted by Gasteiger charge is -2.05. The fraction of sp³-hybridized carbons (Fsp3) is 0.125. The van der Waals surface area contributed by atoms with Crippen molar-refractivity contribution in [2.45, 2.75) is 6.42 Å². The van der Waals surface area contributed by atoms with Crippen LogP contribution in [0.1, 0.15) is 16.3 Å². The number of amides is 1. The molecular weight excluding hydrogens is 420 g/mol. The van der Waals surface area contributed by atoms with E-state index < -0.39 is 0 Å². The van der Waals surface area contributed by atoms with Crippen molar-refractivity contribution in [3.05, 3.63) is 88.9 Å². The van der Waals surface area contributed by atoms with Gasteiger partial charge in [0.2, 0.25) is 0 Å². The van der Waals surface area contributed by atoms with E-state index in [4.69, 9.17) is 4.74 Å². The molecule has 0 unspecified atom stereocenters. The number of benzene rings is 2. The van der Waals surface area contributed by atoms with E-state index >= 15 is 0 Å². The Morgan fingerprint density at radius 3 is 2.76 bits per heavy atom. The number of ether oxygens (including phenoxy) is 1. The number of H-pyrrole nitrogens is 1. The normalized spacial score (nSPS) is 11.1. The van der Waals surface area contributed by atoms with Crippen LogP contribution >= 0.6 is 0 Å². The zero-order valence-corrected chi connectivity index (χ0v) is 17.8. The maximum Gasteiger partial charge on any atom is 0.267 e. The van der Waals surface area contributed by atoms with E-state index in [1.807, 2.05) is 36.4 Å². The molecule has 2 N–H and O–H groups in total. The molecule has 0 atom stereocenters. The first-order valence-corrected chi connectivity index (χ1v) is 10.4. The molecule has 3 aromatic heterocycles. The first-order chi connectivity index (χ1) is 16.1. The average Bonchev–Trinajstić information content (AvgIpc) is 3.26. The number of fused-ring (bicyclic) bond motifs is 2. The molecule has 9 nitrogen and oxygen atoms in total. The summed E-state index contributed by atoms with van der Waals surface area (Å²) >= 11 is 0. The van der Waals surface area contributed by atoms with E-state index in [-0.39, 0.29) is 17.2 Å². The Morgan fingerprint density at radius 1 is 1.12 bits per heavy atom. The Hall–Kier alpha value is -4.53. The van der Waals surface area contributed by atoms with Crippen LogP contribution < -0.4 is 15.6 Å². The molecule has 0 aliphatic heterocycles. The van der Waals surface area contributed by atoms with Gasteiger partial charge in [-0.1, -0.05) is 18.2 Å². The molecule has 0 saturated heterocycles. The molecule has 0 bridgehead atoms. The smallest absolute Gasteiger partial charge is 0.267 e. The van der Waals surface area contributed by atoms with Gasteiger partial charge in [-0.15, -0.1) is 5.10 Å². The summed E-state index contributed by atoms with van der Waals surface area (Å²) < 4.78 is 6.79.